The fourth-order valence-corrected chi connectivity index (χ4v) is 3.65. The molecule has 0 spiro atoms. The average molecular weight is 524 g/mol. The lowest BCUT2D eigenvalue weighted by Crippen LogP contribution is -2.57. The van der Waals surface area contributed by atoms with Gasteiger partial charge in [0.1, 0.15) is 18.1 Å². The summed E-state index contributed by atoms with van der Waals surface area (Å²) >= 11 is 1.49. The van der Waals surface area contributed by atoms with Crippen LogP contribution < -0.4 is 33.2 Å². The standard InChI is InChI=1S/C23H37N7O5S/c1-14(24)19(31)28-17(10-12-36-2)21(33)29-16(9-6-11-27-23(25)26)20(32)30-18(22(34)35)13-15-7-4-3-5-8-15/h3-5,7-8,14,16-18H,6,9-13,24H2,1-2H3,(H,28,31)(H,29,33)(H,30,32)(H,34,35)(H4,25,26,27). The maximum atomic E-state index is 13.1. The van der Waals surface area contributed by atoms with Crippen LogP contribution in [0.1, 0.15) is 31.7 Å². The molecule has 0 heterocycles. The first-order chi connectivity index (χ1) is 17.0. The van der Waals surface area contributed by atoms with Crippen molar-refractivity contribution < 1.29 is 24.3 Å². The molecule has 13 heteroatoms. The molecule has 0 saturated heterocycles. The van der Waals surface area contributed by atoms with Crippen LogP contribution in [0.25, 0.3) is 0 Å². The van der Waals surface area contributed by atoms with Gasteiger partial charge in [-0.15, -0.1) is 0 Å². The van der Waals surface area contributed by atoms with Gasteiger partial charge in [0, 0.05) is 13.0 Å². The lowest BCUT2D eigenvalue weighted by Gasteiger charge is -2.25. The number of rotatable bonds is 16. The SMILES string of the molecule is CSCCC(NC(=O)C(C)N)C(=O)NC(CCCN=C(N)N)C(=O)NC(Cc1ccccc1)C(=O)O. The number of thioether (sulfide) groups is 1. The van der Waals surface area contributed by atoms with E-state index >= 15 is 0 Å². The quantitative estimate of drug-likeness (QED) is 0.0795. The number of carboxylic acid groups (broad SMARTS) is 1. The summed E-state index contributed by atoms with van der Waals surface area (Å²) in [4.78, 5) is 53.9. The van der Waals surface area contributed by atoms with Gasteiger partial charge in [-0.05, 0) is 43.8 Å². The van der Waals surface area contributed by atoms with Crippen LogP contribution in [-0.4, -0.2) is 77.5 Å². The van der Waals surface area contributed by atoms with E-state index < -0.39 is 47.9 Å². The molecule has 200 valence electrons. The molecule has 0 aliphatic rings. The van der Waals surface area contributed by atoms with E-state index in [4.69, 9.17) is 17.2 Å². The molecule has 1 rings (SSSR count). The fraction of sp³-hybridized carbons (Fsp3) is 0.522. The first kappa shape index (κ1) is 30.7. The van der Waals surface area contributed by atoms with E-state index in [-0.39, 0.29) is 25.3 Å². The number of nitrogens with one attached hydrogen (secondary N) is 3. The Morgan fingerprint density at radius 2 is 1.50 bits per heavy atom. The second-order valence-corrected chi connectivity index (χ2v) is 9.22. The average Bonchev–Trinajstić information content (AvgIpc) is 2.83. The maximum absolute atomic E-state index is 13.1. The minimum absolute atomic E-state index is 0.0668. The van der Waals surface area contributed by atoms with Gasteiger partial charge >= 0.3 is 5.97 Å². The normalized spacial score (nSPS) is 14.0. The van der Waals surface area contributed by atoms with E-state index in [1.807, 2.05) is 6.26 Å². The fourth-order valence-electron chi connectivity index (χ4n) is 3.17. The summed E-state index contributed by atoms with van der Waals surface area (Å²) in [5.74, 6) is -2.48. The molecule has 4 atom stereocenters. The number of hydrogen-bond acceptors (Lipinski definition) is 7. The van der Waals surface area contributed by atoms with Crippen molar-refractivity contribution in [3.05, 3.63) is 35.9 Å². The number of nitrogens with two attached hydrogens (primary N) is 3. The second kappa shape index (κ2) is 16.4. The Morgan fingerprint density at radius 3 is 2.03 bits per heavy atom. The summed E-state index contributed by atoms with van der Waals surface area (Å²) in [7, 11) is 0. The zero-order chi connectivity index (χ0) is 27.1. The molecule has 10 N–H and O–H groups in total. The van der Waals surface area contributed by atoms with E-state index in [2.05, 4.69) is 20.9 Å². The molecule has 0 fully saturated rings. The summed E-state index contributed by atoms with van der Waals surface area (Å²) in [5, 5.41) is 17.4. The molecule has 0 bridgehead atoms. The van der Waals surface area contributed by atoms with Gasteiger partial charge in [-0.25, -0.2) is 4.79 Å². The number of aliphatic imine (C=N–C) groups is 1. The summed E-state index contributed by atoms with van der Waals surface area (Å²) in [6, 6.07) is 4.85. The van der Waals surface area contributed by atoms with Gasteiger partial charge in [0.25, 0.3) is 0 Å². The Bertz CT molecular complexity index is 894. The Labute approximate surface area is 215 Å². The van der Waals surface area contributed by atoms with Crippen molar-refractivity contribution in [1.82, 2.24) is 16.0 Å². The van der Waals surface area contributed by atoms with Gasteiger partial charge in [0.05, 0.1) is 6.04 Å². The maximum Gasteiger partial charge on any atom is 0.326 e. The number of carboxylic acids is 1. The van der Waals surface area contributed by atoms with E-state index in [0.29, 0.717) is 18.6 Å². The second-order valence-electron chi connectivity index (χ2n) is 8.23. The van der Waals surface area contributed by atoms with Crippen molar-refractivity contribution in [2.24, 2.45) is 22.2 Å². The number of nitrogens with zero attached hydrogens (tertiary/aromatic N) is 1. The largest absolute Gasteiger partial charge is 0.480 e. The smallest absolute Gasteiger partial charge is 0.326 e. The lowest BCUT2D eigenvalue weighted by molar-refractivity contribution is -0.142. The van der Waals surface area contributed by atoms with Gasteiger partial charge in [0.2, 0.25) is 17.7 Å². The lowest BCUT2D eigenvalue weighted by atomic mass is 10.0. The minimum Gasteiger partial charge on any atom is -0.480 e. The van der Waals surface area contributed by atoms with E-state index in [1.54, 1.807) is 30.3 Å². The van der Waals surface area contributed by atoms with Gasteiger partial charge in [-0.3, -0.25) is 19.4 Å². The van der Waals surface area contributed by atoms with Crippen LogP contribution in [0.5, 0.6) is 0 Å². The van der Waals surface area contributed by atoms with Crippen LogP contribution in [-0.2, 0) is 25.6 Å². The van der Waals surface area contributed by atoms with Crippen molar-refractivity contribution >= 4 is 41.4 Å². The number of guanidine groups is 1. The Kier molecular flexibility index (Phi) is 14.0. The van der Waals surface area contributed by atoms with Crippen molar-refractivity contribution in [3.63, 3.8) is 0 Å². The van der Waals surface area contributed by atoms with Gasteiger partial charge in [-0.1, -0.05) is 30.3 Å². The Morgan fingerprint density at radius 1 is 0.944 bits per heavy atom. The Hall–Kier alpha value is -3.32. The molecule has 4 unspecified atom stereocenters. The first-order valence-electron chi connectivity index (χ1n) is 11.5. The van der Waals surface area contributed by atoms with Gasteiger partial charge in [0.15, 0.2) is 5.96 Å². The van der Waals surface area contributed by atoms with Crippen LogP contribution in [0, 0.1) is 0 Å². The van der Waals surface area contributed by atoms with Crippen molar-refractivity contribution in [2.75, 3.05) is 18.6 Å². The highest BCUT2D eigenvalue weighted by molar-refractivity contribution is 7.98. The number of aliphatic carboxylic acids is 1. The molecule has 3 amide bonds. The van der Waals surface area contributed by atoms with Crippen LogP contribution in [0.15, 0.2) is 35.3 Å². The zero-order valence-electron chi connectivity index (χ0n) is 20.6. The third kappa shape index (κ3) is 11.9. The van der Waals surface area contributed by atoms with Crippen molar-refractivity contribution in [1.29, 1.82) is 0 Å². The van der Waals surface area contributed by atoms with Gasteiger partial charge < -0.3 is 38.3 Å². The summed E-state index contributed by atoms with van der Waals surface area (Å²) < 4.78 is 0. The number of carbonyl (C=O) groups is 4. The predicted octanol–water partition coefficient (Wildman–Crippen LogP) is -1.08. The Balaban J connectivity index is 3.02. The number of carbonyl (C=O) groups excluding carboxylic acids is 3. The van der Waals surface area contributed by atoms with Crippen LogP contribution in [0.3, 0.4) is 0 Å². The minimum atomic E-state index is -1.21. The summed E-state index contributed by atoms with van der Waals surface area (Å²) in [6.45, 7) is 1.71. The van der Waals surface area contributed by atoms with Gasteiger partial charge in [-0.2, -0.15) is 11.8 Å². The molecule has 0 aromatic heterocycles. The summed E-state index contributed by atoms with van der Waals surface area (Å²) in [6.07, 6.45) is 2.73. The topological polar surface area (TPSA) is 215 Å². The van der Waals surface area contributed by atoms with Crippen LogP contribution in [0.2, 0.25) is 0 Å². The summed E-state index contributed by atoms with van der Waals surface area (Å²) in [5.41, 5.74) is 17.0. The van der Waals surface area contributed by atoms with Crippen molar-refractivity contribution in [3.8, 4) is 0 Å². The molecule has 1 aromatic rings. The molecule has 36 heavy (non-hydrogen) atoms. The molecular weight excluding hydrogens is 486 g/mol. The van der Waals surface area contributed by atoms with Crippen LogP contribution >= 0.6 is 11.8 Å². The number of amides is 3. The molecule has 12 nitrogen and oxygen atoms in total. The highest BCUT2D eigenvalue weighted by Gasteiger charge is 2.29. The van der Waals surface area contributed by atoms with E-state index in [1.165, 1.54) is 18.7 Å². The predicted molar refractivity (Wildman–Crippen MR) is 140 cm³/mol. The molecule has 0 aliphatic carbocycles. The van der Waals surface area contributed by atoms with Crippen LogP contribution in [0.4, 0.5) is 0 Å². The highest BCUT2D eigenvalue weighted by Crippen LogP contribution is 2.07. The molecule has 0 aliphatic heterocycles. The third-order valence-electron chi connectivity index (χ3n) is 5.13. The zero-order valence-corrected chi connectivity index (χ0v) is 21.4. The number of hydrogen-bond donors (Lipinski definition) is 7. The molecule has 0 radical (unpaired) electrons. The monoisotopic (exact) mass is 523 g/mol. The molecule has 0 saturated carbocycles. The highest BCUT2D eigenvalue weighted by atomic mass is 32.2. The molecular formula is C23H37N7O5S. The third-order valence-corrected chi connectivity index (χ3v) is 5.78. The number of benzene rings is 1. The van der Waals surface area contributed by atoms with E-state index in [9.17, 15) is 24.3 Å². The molecule has 1 aromatic carbocycles. The first-order valence-corrected chi connectivity index (χ1v) is 12.9. The van der Waals surface area contributed by atoms with E-state index in [0.717, 1.165) is 5.56 Å². The van der Waals surface area contributed by atoms with Crippen molar-refractivity contribution in [2.45, 2.75) is 56.8 Å².